The minimum atomic E-state index is -0.599. The number of aryl methyl sites for hydroxylation is 1. The third kappa shape index (κ3) is 3.44. The molecule has 1 aromatic carbocycles. The van der Waals surface area contributed by atoms with Crippen molar-refractivity contribution in [2.45, 2.75) is 6.92 Å². The first-order valence-electron chi connectivity index (χ1n) is 6.29. The van der Waals surface area contributed by atoms with Crippen LogP contribution < -0.4 is 5.32 Å². The lowest BCUT2D eigenvalue weighted by molar-refractivity contribution is 0.0518. The zero-order valence-corrected chi connectivity index (χ0v) is 11.6. The van der Waals surface area contributed by atoms with Gasteiger partial charge in [0.25, 0.3) is 5.91 Å². The Morgan fingerprint density at radius 3 is 2.81 bits per heavy atom. The lowest BCUT2D eigenvalue weighted by atomic mass is 10.3. The first kappa shape index (κ1) is 14.7. The molecule has 1 N–H and O–H groups in total. The number of hydrogen-bond donors (Lipinski definition) is 1. The van der Waals surface area contributed by atoms with Gasteiger partial charge in [-0.05, 0) is 25.1 Å². The number of carbonyl (C=O) groups excluding carboxylic acids is 2. The quantitative estimate of drug-likeness (QED) is 0.874. The van der Waals surface area contributed by atoms with E-state index in [0.29, 0.717) is 5.69 Å². The molecule has 0 aliphatic heterocycles. The van der Waals surface area contributed by atoms with Gasteiger partial charge >= 0.3 is 5.97 Å². The van der Waals surface area contributed by atoms with E-state index in [0.717, 1.165) is 0 Å². The highest BCUT2D eigenvalue weighted by Gasteiger charge is 2.18. The average molecular weight is 291 g/mol. The fourth-order valence-corrected chi connectivity index (χ4v) is 1.75. The van der Waals surface area contributed by atoms with Crippen molar-refractivity contribution in [2.75, 3.05) is 11.9 Å². The summed E-state index contributed by atoms with van der Waals surface area (Å²) < 4.78 is 19.1. The van der Waals surface area contributed by atoms with E-state index in [-0.39, 0.29) is 18.0 Å². The summed E-state index contributed by atoms with van der Waals surface area (Å²) in [5.74, 6) is -1.55. The first-order valence-corrected chi connectivity index (χ1v) is 6.29. The normalized spacial score (nSPS) is 10.2. The number of nitrogens with one attached hydrogen (secondary N) is 1. The summed E-state index contributed by atoms with van der Waals surface area (Å²) in [5.41, 5.74) is 0.532. The third-order valence-electron chi connectivity index (χ3n) is 2.68. The second-order valence-electron chi connectivity index (χ2n) is 4.22. The van der Waals surface area contributed by atoms with E-state index >= 15 is 0 Å². The van der Waals surface area contributed by atoms with Gasteiger partial charge in [-0.3, -0.25) is 9.48 Å². The number of benzene rings is 1. The van der Waals surface area contributed by atoms with Crippen molar-refractivity contribution in [3.05, 3.63) is 47.5 Å². The fraction of sp³-hybridized carbons (Fsp3) is 0.214. The minimum Gasteiger partial charge on any atom is -0.461 e. The molecule has 0 aliphatic rings. The molecule has 0 atom stereocenters. The van der Waals surface area contributed by atoms with Gasteiger partial charge in [0.1, 0.15) is 11.5 Å². The Morgan fingerprint density at radius 2 is 2.14 bits per heavy atom. The summed E-state index contributed by atoms with van der Waals surface area (Å²) >= 11 is 0. The average Bonchev–Trinajstić information content (AvgIpc) is 2.81. The van der Waals surface area contributed by atoms with Crippen LogP contribution in [0.3, 0.4) is 0 Å². The number of amides is 1. The van der Waals surface area contributed by atoms with Crippen LogP contribution >= 0.6 is 0 Å². The van der Waals surface area contributed by atoms with E-state index in [2.05, 4.69) is 10.4 Å². The SMILES string of the molecule is CCOC(=O)c1cc(C(=O)Nc2cccc(F)c2)n(C)n1. The van der Waals surface area contributed by atoms with Gasteiger partial charge in [0, 0.05) is 18.8 Å². The molecule has 0 saturated heterocycles. The van der Waals surface area contributed by atoms with Crippen molar-refractivity contribution < 1.29 is 18.7 Å². The van der Waals surface area contributed by atoms with Crippen molar-refractivity contribution in [1.82, 2.24) is 9.78 Å². The van der Waals surface area contributed by atoms with Crippen LogP contribution in [0.25, 0.3) is 0 Å². The van der Waals surface area contributed by atoms with Gasteiger partial charge in [0.2, 0.25) is 0 Å². The van der Waals surface area contributed by atoms with E-state index in [4.69, 9.17) is 4.74 Å². The van der Waals surface area contributed by atoms with Crippen molar-refractivity contribution >= 4 is 17.6 Å². The first-order chi connectivity index (χ1) is 10.0. The Hall–Kier alpha value is -2.70. The van der Waals surface area contributed by atoms with Crippen LogP contribution in [-0.4, -0.2) is 28.3 Å². The van der Waals surface area contributed by atoms with Gasteiger partial charge < -0.3 is 10.1 Å². The topological polar surface area (TPSA) is 73.2 Å². The number of halogens is 1. The van der Waals surface area contributed by atoms with Gasteiger partial charge in [0.05, 0.1) is 6.61 Å². The van der Waals surface area contributed by atoms with E-state index in [1.165, 1.54) is 36.0 Å². The maximum atomic E-state index is 13.1. The minimum absolute atomic E-state index is 0.0451. The van der Waals surface area contributed by atoms with Crippen molar-refractivity contribution in [2.24, 2.45) is 7.05 Å². The molecule has 110 valence electrons. The van der Waals surface area contributed by atoms with E-state index in [9.17, 15) is 14.0 Å². The molecule has 1 heterocycles. The Balaban J connectivity index is 2.18. The largest absolute Gasteiger partial charge is 0.461 e. The zero-order chi connectivity index (χ0) is 15.4. The molecule has 1 aromatic heterocycles. The molecule has 0 bridgehead atoms. The molecule has 0 saturated carbocycles. The van der Waals surface area contributed by atoms with Crippen LogP contribution in [0.1, 0.15) is 27.9 Å². The standard InChI is InChI=1S/C14H14FN3O3/c1-3-21-14(20)11-8-12(18(2)17-11)13(19)16-10-6-4-5-9(15)7-10/h4-8H,3H2,1-2H3,(H,16,19). The molecular formula is C14H14FN3O3. The Labute approximate surface area is 120 Å². The number of rotatable bonds is 4. The predicted molar refractivity (Wildman–Crippen MR) is 73.5 cm³/mol. The molecule has 0 spiro atoms. The molecule has 7 heteroatoms. The molecule has 21 heavy (non-hydrogen) atoms. The van der Waals surface area contributed by atoms with Crippen molar-refractivity contribution in [1.29, 1.82) is 0 Å². The van der Waals surface area contributed by atoms with E-state index < -0.39 is 17.7 Å². The van der Waals surface area contributed by atoms with Crippen LogP contribution in [-0.2, 0) is 11.8 Å². The number of anilines is 1. The molecule has 1 amide bonds. The monoisotopic (exact) mass is 291 g/mol. The molecular weight excluding hydrogens is 277 g/mol. The number of aromatic nitrogens is 2. The van der Waals surface area contributed by atoms with Gasteiger partial charge in [-0.25, -0.2) is 9.18 Å². The Bertz CT molecular complexity index is 682. The third-order valence-corrected chi connectivity index (χ3v) is 2.68. The van der Waals surface area contributed by atoms with Crippen LogP contribution in [0, 0.1) is 5.82 Å². The molecule has 0 radical (unpaired) electrons. The highest BCUT2D eigenvalue weighted by molar-refractivity contribution is 6.04. The highest BCUT2D eigenvalue weighted by atomic mass is 19.1. The number of nitrogens with zero attached hydrogens (tertiary/aromatic N) is 2. The smallest absolute Gasteiger partial charge is 0.358 e. The van der Waals surface area contributed by atoms with Gasteiger partial charge in [-0.1, -0.05) is 6.07 Å². The maximum Gasteiger partial charge on any atom is 0.358 e. The van der Waals surface area contributed by atoms with Gasteiger partial charge in [-0.2, -0.15) is 5.10 Å². The lowest BCUT2D eigenvalue weighted by Crippen LogP contribution is -2.16. The molecule has 2 aromatic rings. The molecule has 6 nitrogen and oxygen atoms in total. The number of carbonyl (C=O) groups is 2. The predicted octanol–water partition coefficient (Wildman–Crippen LogP) is 1.99. The summed E-state index contributed by atoms with van der Waals surface area (Å²) in [6.07, 6.45) is 0. The summed E-state index contributed by atoms with van der Waals surface area (Å²) in [7, 11) is 1.53. The maximum absolute atomic E-state index is 13.1. The van der Waals surface area contributed by atoms with Gasteiger partial charge in [0.15, 0.2) is 5.69 Å². The van der Waals surface area contributed by atoms with Crippen LogP contribution in [0.15, 0.2) is 30.3 Å². The van der Waals surface area contributed by atoms with E-state index in [1.54, 1.807) is 13.0 Å². The summed E-state index contributed by atoms with van der Waals surface area (Å²) in [4.78, 5) is 23.6. The molecule has 0 fully saturated rings. The van der Waals surface area contributed by atoms with Crippen molar-refractivity contribution in [3.8, 4) is 0 Å². The second-order valence-corrected chi connectivity index (χ2v) is 4.22. The number of esters is 1. The Morgan fingerprint density at radius 1 is 1.38 bits per heavy atom. The zero-order valence-electron chi connectivity index (χ0n) is 11.6. The van der Waals surface area contributed by atoms with E-state index in [1.807, 2.05) is 0 Å². The second kappa shape index (κ2) is 6.17. The highest BCUT2D eigenvalue weighted by Crippen LogP contribution is 2.12. The Kier molecular flexibility index (Phi) is 4.32. The number of ether oxygens (including phenoxy) is 1. The molecule has 2 rings (SSSR count). The van der Waals surface area contributed by atoms with Crippen LogP contribution in [0.5, 0.6) is 0 Å². The lowest BCUT2D eigenvalue weighted by Gasteiger charge is -2.04. The fourth-order valence-electron chi connectivity index (χ4n) is 1.75. The summed E-state index contributed by atoms with van der Waals surface area (Å²) in [6.45, 7) is 1.90. The van der Waals surface area contributed by atoms with Crippen molar-refractivity contribution in [3.63, 3.8) is 0 Å². The summed E-state index contributed by atoms with van der Waals surface area (Å²) in [6, 6.07) is 6.84. The number of hydrogen-bond acceptors (Lipinski definition) is 4. The van der Waals surface area contributed by atoms with Crippen LogP contribution in [0.4, 0.5) is 10.1 Å². The summed E-state index contributed by atoms with van der Waals surface area (Å²) in [5, 5.41) is 6.45. The van der Waals surface area contributed by atoms with Crippen LogP contribution in [0.2, 0.25) is 0 Å². The molecule has 0 unspecified atom stereocenters. The van der Waals surface area contributed by atoms with Gasteiger partial charge in [-0.15, -0.1) is 0 Å². The molecule has 0 aliphatic carbocycles.